The van der Waals surface area contributed by atoms with Crippen LogP contribution in [0.5, 0.6) is 5.75 Å². The van der Waals surface area contributed by atoms with E-state index >= 15 is 0 Å². The largest absolute Gasteiger partial charge is 0.491 e. The monoisotopic (exact) mass is 799 g/mol. The van der Waals surface area contributed by atoms with E-state index in [1.54, 1.807) is 51.1 Å². The molecule has 0 bridgehead atoms. The van der Waals surface area contributed by atoms with Crippen molar-refractivity contribution >= 4 is 32.0 Å². The number of nitrogens with zero attached hydrogens (tertiary/aromatic N) is 2. The third kappa shape index (κ3) is 9.97. The number of aliphatic hydroxyl groups is 1. The maximum absolute atomic E-state index is 13.8. The second-order valence-electron chi connectivity index (χ2n) is 15.5. The first-order chi connectivity index (χ1) is 25.9. The van der Waals surface area contributed by atoms with E-state index in [4.69, 9.17) is 14.2 Å². The summed E-state index contributed by atoms with van der Waals surface area (Å²) in [7, 11) is -7.27. The van der Waals surface area contributed by atoms with Crippen LogP contribution in [0, 0.1) is 0 Å². The van der Waals surface area contributed by atoms with Crippen LogP contribution in [0.25, 0.3) is 11.1 Å². The lowest BCUT2D eigenvalue weighted by Crippen LogP contribution is -2.48. The van der Waals surface area contributed by atoms with Crippen LogP contribution in [-0.4, -0.2) is 110 Å². The number of aliphatic hydroxyl groups excluding tert-OH is 1. The van der Waals surface area contributed by atoms with E-state index in [1.165, 1.54) is 16.4 Å². The Morgan fingerprint density at radius 3 is 2.29 bits per heavy atom. The number of benzene rings is 3. The first kappa shape index (κ1) is 40.4. The summed E-state index contributed by atoms with van der Waals surface area (Å²) >= 11 is 0. The molecule has 2 atom stereocenters. The lowest BCUT2D eigenvalue weighted by atomic mass is 9.88. The van der Waals surface area contributed by atoms with Gasteiger partial charge in [-0.15, -0.1) is 0 Å². The van der Waals surface area contributed by atoms with Gasteiger partial charge in [0, 0.05) is 19.6 Å². The Kier molecular flexibility index (Phi) is 11.8. The second-order valence-corrected chi connectivity index (χ2v) is 19.6. The molecule has 1 saturated carbocycles. The molecule has 2 saturated heterocycles. The molecule has 3 aromatic rings. The van der Waals surface area contributed by atoms with Crippen molar-refractivity contribution in [3.05, 3.63) is 78.4 Å². The summed E-state index contributed by atoms with van der Waals surface area (Å²) in [5.74, 6) is 0.263. The summed E-state index contributed by atoms with van der Waals surface area (Å²) in [5, 5.41) is 23.2. The Labute approximate surface area is 322 Å². The summed E-state index contributed by atoms with van der Waals surface area (Å²) in [6, 6.07) is 19.7. The summed E-state index contributed by atoms with van der Waals surface area (Å²) in [6.45, 7) is 5.65. The van der Waals surface area contributed by atoms with Crippen molar-refractivity contribution < 1.29 is 50.8 Å². The first-order valence-electron chi connectivity index (χ1n) is 18.4. The van der Waals surface area contributed by atoms with Crippen LogP contribution in [0.4, 0.5) is 9.59 Å². The minimum atomic E-state index is -3.85. The highest BCUT2D eigenvalue weighted by atomic mass is 32.2. The number of rotatable bonds is 13. The van der Waals surface area contributed by atoms with E-state index < -0.39 is 55.4 Å². The number of sulfonamides is 1. The minimum absolute atomic E-state index is 0.103. The molecular formula is C39H49N3O11S2. The molecule has 0 radical (unpaired) electrons. The highest BCUT2D eigenvalue weighted by molar-refractivity contribution is 7.92. The zero-order valence-electron chi connectivity index (χ0n) is 31.2. The molecule has 3 aromatic carbocycles. The number of nitrogens with one attached hydrogen (secondary N) is 1. The fourth-order valence-corrected chi connectivity index (χ4v) is 10.1. The van der Waals surface area contributed by atoms with Gasteiger partial charge >= 0.3 is 12.2 Å². The molecular weight excluding hydrogens is 751 g/mol. The molecule has 0 unspecified atom stereocenters. The summed E-state index contributed by atoms with van der Waals surface area (Å²) in [6.07, 6.45) is -0.573. The Hall–Kier alpha value is -4.22. The first-order valence-corrected chi connectivity index (χ1v) is 21.4. The van der Waals surface area contributed by atoms with Crippen LogP contribution in [0.1, 0.15) is 58.4 Å². The number of carbonyl (C=O) groups excluding carboxylic acids is 1. The van der Waals surface area contributed by atoms with Crippen LogP contribution in [0.15, 0.2) is 82.6 Å². The average molecular weight is 800 g/mol. The normalized spacial score (nSPS) is 19.5. The van der Waals surface area contributed by atoms with Gasteiger partial charge in [0.2, 0.25) is 10.0 Å². The highest BCUT2D eigenvalue weighted by Gasteiger charge is 2.47. The zero-order chi connectivity index (χ0) is 39.6. The van der Waals surface area contributed by atoms with Crippen LogP contribution in [0.2, 0.25) is 0 Å². The second kappa shape index (κ2) is 16.1. The number of ether oxygens (including phenoxy) is 3. The zero-order valence-corrected chi connectivity index (χ0v) is 32.9. The van der Waals surface area contributed by atoms with E-state index in [9.17, 15) is 36.6 Å². The van der Waals surface area contributed by atoms with Crippen LogP contribution in [0.3, 0.4) is 0 Å². The van der Waals surface area contributed by atoms with E-state index in [1.807, 2.05) is 30.3 Å². The number of amides is 2. The third-order valence-corrected chi connectivity index (χ3v) is 14.2. The summed E-state index contributed by atoms with van der Waals surface area (Å²) in [4.78, 5) is 25.8. The number of carbonyl (C=O) groups is 2. The standard InChI is InChI=1S/C39H49N3O11S2/c1-38(2,3)53-36(44)40-23-27-10-12-28(13-11-27)29-6-4-9-35(20-29)55(49,50)41-18-16-39(17-19-41)22-30(25-52-39)42(37(45)46)24-31(43)26-51-32-7-5-8-34(21-32)54(47,48)33-14-15-33/h4-13,20-21,30-31,33,43H,14-19,22-26H2,1-3H3,(H,40,44)(H,45,46)/t30-,31+/m1/s1. The van der Waals surface area contributed by atoms with E-state index in [0.29, 0.717) is 32.1 Å². The molecule has 55 heavy (non-hydrogen) atoms. The Morgan fingerprint density at radius 2 is 1.64 bits per heavy atom. The number of piperidine rings is 1. The Morgan fingerprint density at radius 1 is 0.964 bits per heavy atom. The van der Waals surface area contributed by atoms with Crippen molar-refractivity contribution in [1.82, 2.24) is 14.5 Å². The van der Waals surface area contributed by atoms with Crippen LogP contribution < -0.4 is 10.1 Å². The van der Waals surface area contributed by atoms with Crippen LogP contribution >= 0.6 is 0 Å². The third-order valence-electron chi connectivity index (χ3n) is 10.1. The van der Waals surface area contributed by atoms with Crippen molar-refractivity contribution in [3.63, 3.8) is 0 Å². The van der Waals surface area contributed by atoms with Crippen molar-refractivity contribution in [3.8, 4) is 16.9 Å². The molecule has 1 aliphatic carbocycles. The summed E-state index contributed by atoms with van der Waals surface area (Å²) < 4.78 is 71.4. The number of carboxylic acid groups (broad SMARTS) is 1. The van der Waals surface area contributed by atoms with Gasteiger partial charge in [0.25, 0.3) is 0 Å². The van der Waals surface area contributed by atoms with Gasteiger partial charge in [0.05, 0.1) is 39.8 Å². The summed E-state index contributed by atoms with van der Waals surface area (Å²) in [5.41, 5.74) is 1.09. The maximum atomic E-state index is 13.8. The van der Waals surface area contributed by atoms with E-state index in [2.05, 4.69) is 5.32 Å². The van der Waals surface area contributed by atoms with Gasteiger partial charge in [-0.25, -0.2) is 26.4 Å². The molecule has 3 N–H and O–H groups in total. The minimum Gasteiger partial charge on any atom is -0.491 e. The van der Waals surface area contributed by atoms with E-state index in [0.717, 1.165) is 21.6 Å². The predicted octanol–water partition coefficient (Wildman–Crippen LogP) is 5.05. The predicted molar refractivity (Wildman–Crippen MR) is 203 cm³/mol. The molecule has 2 heterocycles. The molecule has 3 fully saturated rings. The van der Waals surface area contributed by atoms with Crippen molar-refractivity contribution in [2.45, 2.75) is 97.8 Å². The Balaban J connectivity index is 1.01. The molecule has 1 spiro atoms. The fraction of sp³-hybridized carbons (Fsp3) is 0.487. The topological polar surface area (TPSA) is 189 Å². The number of sulfone groups is 1. The molecule has 16 heteroatoms. The lowest BCUT2D eigenvalue weighted by molar-refractivity contribution is -0.0319. The van der Waals surface area contributed by atoms with Gasteiger partial charge in [-0.1, -0.05) is 42.5 Å². The van der Waals surface area contributed by atoms with Gasteiger partial charge in [-0.2, -0.15) is 4.31 Å². The van der Waals surface area contributed by atoms with E-state index in [-0.39, 0.29) is 60.2 Å². The van der Waals surface area contributed by atoms with Gasteiger partial charge in [0.15, 0.2) is 9.84 Å². The van der Waals surface area contributed by atoms with Gasteiger partial charge in [-0.05, 0) is 99.9 Å². The number of hydrogen-bond acceptors (Lipinski definition) is 10. The molecule has 0 aromatic heterocycles. The maximum Gasteiger partial charge on any atom is 0.407 e. The number of alkyl carbamates (subject to hydrolysis) is 1. The van der Waals surface area contributed by atoms with Crippen molar-refractivity contribution in [2.24, 2.45) is 0 Å². The molecule has 6 rings (SSSR count). The molecule has 2 amide bonds. The smallest absolute Gasteiger partial charge is 0.407 e. The average Bonchev–Trinajstić information content (AvgIpc) is 3.94. The van der Waals surface area contributed by atoms with Crippen molar-refractivity contribution in [2.75, 3.05) is 32.8 Å². The lowest BCUT2D eigenvalue weighted by Gasteiger charge is -2.38. The molecule has 2 aliphatic heterocycles. The fourth-order valence-electron chi connectivity index (χ4n) is 6.96. The molecule has 298 valence electrons. The molecule has 3 aliphatic rings. The van der Waals surface area contributed by atoms with Gasteiger partial charge in [-0.3, -0.25) is 0 Å². The molecule has 14 nitrogen and oxygen atoms in total. The SMILES string of the molecule is CC(C)(C)OC(=O)NCc1ccc(-c2cccc(S(=O)(=O)N3CCC4(CC3)C[C@@H](N(C[C@H](O)COc3cccc(S(=O)(=O)C5CC5)c3)C(=O)O)CO4)c2)cc1. The van der Waals surface area contributed by atoms with Gasteiger partial charge in [0.1, 0.15) is 24.1 Å². The van der Waals surface area contributed by atoms with Crippen LogP contribution in [-0.2, 0) is 35.9 Å². The quantitative estimate of drug-likeness (QED) is 0.210. The Bertz CT molecular complexity index is 2070. The van der Waals surface area contributed by atoms with Crippen molar-refractivity contribution in [1.29, 1.82) is 0 Å². The number of hydrogen-bond donors (Lipinski definition) is 3. The van der Waals surface area contributed by atoms with Gasteiger partial charge < -0.3 is 34.6 Å². The highest BCUT2D eigenvalue weighted by Crippen LogP contribution is 2.39.